The Morgan fingerprint density at radius 3 is 2.55 bits per heavy atom. The second kappa shape index (κ2) is 11.1. The fraction of sp³-hybridized carbons (Fsp3) is 0.391. The van der Waals surface area contributed by atoms with Gasteiger partial charge in [0.1, 0.15) is 5.75 Å². The molecule has 2 aromatic carbocycles. The van der Waals surface area contributed by atoms with Crippen molar-refractivity contribution in [2.75, 3.05) is 34.3 Å². The lowest BCUT2D eigenvalue weighted by molar-refractivity contribution is -0.130. The van der Waals surface area contributed by atoms with Crippen LogP contribution in [-0.2, 0) is 17.9 Å². The SMILES string of the molecule is CCNC(=NCc1cccc(OCC(=O)N(C)C)c1)N(C)Cc1ccccc1C. The molecule has 0 radical (unpaired) electrons. The standard InChI is InChI=1S/C23H32N4O2/c1-6-24-23(27(5)16-20-12-8-7-10-18(20)2)25-15-19-11-9-13-21(14-19)29-17-22(28)26(3)4/h7-14H,6,15-17H2,1-5H3,(H,24,25). The molecule has 29 heavy (non-hydrogen) atoms. The lowest BCUT2D eigenvalue weighted by Crippen LogP contribution is -2.38. The Kier molecular flexibility index (Phi) is 8.52. The van der Waals surface area contributed by atoms with E-state index in [1.807, 2.05) is 31.3 Å². The molecule has 156 valence electrons. The quantitative estimate of drug-likeness (QED) is 0.550. The van der Waals surface area contributed by atoms with Crippen molar-refractivity contribution in [3.8, 4) is 5.75 Å². The molecule has 0 atom stereocenters. The van der Waals surface area contributed by atoms with Crippen LogP contribution < -0.4 is 10.1 Å². The summed E-state index contributed by atoms with van der Waals surface area (Å²) in [5.41, 5.74) is 3.58. The fourth-order valence-electron chi connectivity index (χ4n) is 2.76. The van der Waals surface area contributed by atoms with Crippen LogP contribution in [0.15, 0.2) is 53.5 Å². The number of rotatable bonds is 8. The molecule has 0 aliphatic carbocycles. The Labute approximate surface area is 174 Å². The highest BCUT2D eigenvalue weighted by Crippen LogP contribution is 2.15. The van der Waals surface area contributed by atoms with Crippen LogP contribution in [0.4, 0.5) is 0 Å². The molecular formula is C23H32N4O2. The first-order valence-electron chi connectivity index (χ1n) is 9.86. The molecule has 2 aromatic rings. The van der Waals surface area contributed by atoms with E-state index in [2.05, 4.69) is 48.3 Å². The van der Waals surface area contributed by atoms with Crippen LogP contribution in [0.2, 0.25) is 0 Å². The number of guanidine groups is 1. The van der Waals surface area contributed by atoms with Crippen LogP contribution in [0.25, 0.3) is 0 Å². The number of carbonyl (C=O) groups is 1. The number of hydrogen-bond donors (Lipinski definition) is 1. The van der Waals surface area contributed by atoms with Gasteiger partial charge in [-0.2, -0.15) is 0 Å². The minimum Gasteiger partial charge on any atom is -0.484 e. The minimum atomic E-state index is -0.0688. The monoisotopic (exact) mass is 396 g/mol. The minimum absolute atomic E-state index is 0.0293. The Balaban J connectivity index is 2.04. The van der Waals surface area contributed by atoms with E-state index in [0.717, 1.165) is 24.6 Å². The highest BCUT2D eigenvalue weighted by Gasteiger charge is 2.09. The second-order valence-corrected chi connectivity index (χ2v) is 7.18. The van der Waals surface area contributed by atoms with Gasteiger partial charge in [0, 0.05) is 34.2 Å². The zero-order chi connectivity index (χ0) is 21.2. The highest BCUT2D eigenvalue weighted by atomic mass is 16.5. The maximum absolute atomic E-state index is 11.7. The van der Waals surface area contributed by atoms with Crippen molar-refractivity contribution in [2.45, 2.75) is 26.9 Å². The molecule has 1 amide bonds. The smallest absolute Gasteiger partial charge is 0.259 e. The predicted molar refractivity (Wildman–Crippen MR) is 118 cm³/mol. The predicted octanol–water partition coefficient (Wildman–Crippen LogP) is 3.06. The number of ether oxygens (including phenoxy) is 1. The van der Waals surface area contributed by atoms with Gasteiger partial charge in [-0.05, 0) is 42.7 Å². The Hall–Kier alpha value is -3.02. The first-order chi connectivity index (χ1) is 13.9. The second-order valence-electron chi connectivity index (χ2n) is 7.18. The van der Waals surface area contributed by atoms with Gasteiger partial charge in [-0.1, -0.05) is 36.4 Å². The number of nitrogens with one attached hydrogen (secondary N) is 1. The molecule has 0 saturated carbocycles. The van der Waals surface area contributed by atoms with Crippen molar-refractivity contribution in [1.29, 1.82) is 0 Å². The molecule has 0 heterocycles. The van der Waals surface area contributed by atoms with Crippen molar-refractivity contribution in [3.63, 3.8) is 0 Å². The Morgan fingerprint density at radius 2 is 1.86 bits per heavy atom. The van der Waals surface area contributed by atoms with Gasteiger partial charge < -0.3 is 19.9 Å². The van der Waals surface area contributed by atoms with Gasteiger partial charge in [-0.25, -0.2) is 4.99 Å². The molecule has 6 nitrogen and oxygen atoms in total. The van der Waals surface area contributed by atoms with Gasteiger partial charge in [0.05, 0.1) is 6.54 Å². The summed E-state index contributed by atoms with van der Waals surface area (Å²) in [5.74, 6) is 1.46. The summed E-state index contributed by atoms with van der Waals surface area (Å²) < 4.78 is 5.60. The average Bonchev–Trinajstić information content (AvgIpc) is 2.71. The van der Waals surface area contributed by atoms with Crippen LogP contribution in [-0.4, -0.2) is 56.0 Å². The normalized spacial score (nSPS) is 11.1. The number of carbonyl (C=O) groups excluding carboxylic acids is 1. The van der Waals surface area contributed by atoms with E-state index < -0.39 is 0 Å². The van der Waals surface area contributed by atoms with Crippen LogP contribution in [0, 0.1) is 6.92 Å². The summed E-state index contributed by atoms with van der Waals surface area (Å²) in [5, 5.41) is 3.35. The summed E-state index contributed by atoms with van der Waals surface area (Å²) in [6.07, 6.45) is 0. The highest BCUT2D eigenvalue weighted by molar-refractivity contribution is 5.79. The zero-order valence-electron chi connectivity index (χ0n) is 18.1. The summed E-state index contributed by atoms with van der Waals surface area (Å²) in [6.45, 7) is 6.33. The molecular weight excluding hydrogens is 364 g/mol. The van der Waals surface area contributed by atoms with Gasteiger partial charge in [0.2, 0.25) is 0 Å². The lowest BCUT2D eigenvalue weighted by Gasteiger charge is -2.23. The summed E-state index contributed by atoms with van der Waals surface area (Å²) in [6, 6.07) is 16.1. The average molecular weight is 397 g/mol. The van der Waals surface area contributed by atoms with E-state index in [-0.39, 0.29) is 12.5 Å². The maximum Gasteiger partial charge on any atom is 0.259 e. The Morgan fingerprint density at radius 1 is 1.10 bits per heavy atom. The number of amides is 1. The summed E-state index contributed by atoms with van der Waals surface area (Å²) in [7, 11) is 5.47. The van der Waals surface area contributed by atoms with E-state index in [4.69, 9.17) is 9.73 Å². The maximum atomic E-state index is 11.7. The number of nitrogens with zero attached hydrogens (tertiary/aromatic N) is 3. The van der Waals surface area contributed by atoms with Crippen molar-refractivity contribution in [2.24, 2.45) is 4.99 Å². The largest absolute Gasteiger partial charge is 0.484 e. The number of hydrogen-bond acceptors (Lipinski definition) is 3. The fourth-order valence-corrected chi connectivity index (χ4v) is 2.76. The van der Waals surface area contributed by atoms with Crippen molar-refractivity contribution >= 4 is 11.9 Å². The molecule has 0 aliphatic heterocycles. The van der Waals surface area contributed by atoms with Crippen molar-refractivity contribution < 1.29 is 9.53 Å². The molecule has 0 fully saturated rings. The molecule has 1 N–H and O–H groups in total. The third-order valence-corrected chi connectivity index (χ3v) is 4.54. The van der Waals surface area contributed by atoms with Gasteiger partial charge in [0.15, 0.2) is 12.6 Å². The van der Waals surface area contributed by atoms with E-state index >= 15 is 0 Å². The topological polar surface area (TPSA) is 57.2 Å². The van der Waals surface area contributed by atoms with Crippen LogP contribution in [0.5, 0.6) is 5.75 Å². The molecule has 0 aromatic heterocycles. The molecule has 0 aliphatic rings. The molecule has 0 spiro atoms. The van der Waals surface area contributed by atoms with E-state index in [0.29, 0.717) is 12.3 Å². The summed E-state index contributed by atoms with van der Waals surface area (Å²) in [4.78, 5) is 20.1. The van der Waals surface area contributed by atoms with E-state index in [1.54, 1.807) is 14.1 Å². The molecule has 6 heteroatoms. The zero-order valence-corrected chi connectivity index (χ0v) is 18.1. The van der Waals surface area contributed by atoms with Crippen molar-refractivity contribution in [3.05, 3.63) is 65.2 Å². The Bertz CT molecular complexity index is 833. The number of benzene rings is 2. The summed E-state index contributed by atoms with van der Waals surface area (Å²) >= 11 is 0. The third-order valence-electron chi connectivity index (χ3n) is 4.54. The van der Waals surface area contributed by atoms with Crippen LogP contribution >= 0.6 is 0 Å². The first kappa shape index (κ1) is 22.3. The van der Waals surface area contributed by atoms with Gasteiger partial charge in [0.25, 0.3) is 5.91 Å². The number of aryl methyl sites for hydroxylation is 1. The number of likely N-dealkylation sites (N-methyl/N-ethyl adjacent to an activating group) is 1. The van der Waals surface area contributed by atoms with E-state index in [9.17, 15) is 4.79 Å². The van der Waals surface area contributed by atoms with E-state index in [1.165, 1.54) is 16.0 Å². The lowest BCUT2D eigenvalue weighted by atomic mass is 10.1. The molecule has 2 rings (SSSR count). The van der Waals surface area contributed by atoms with Crippen LogP contribution in [0.3, 0.4) is 0 Å². The van der Waals surface area contributed by atoms with Crippen LogP contribution in [0.1, 0.15) is 23.6 Å². The van der Waals surface area contributed by atoms with Gasteiger partial charge >= 0.3 is 0 Å². The third kappa shape index (κ3) is 7.14. The first-order valence-corrected chi connectivity index (χ1v) is 9.86. The van der Waals surface area contributed by atoms with Gasteiger partial charge in [-0.3, -0.25) is 4.79 Å². The molecule has 0 unspecified atom stereocenters. The number of aliphatic imine (C=N–C) groups is 1. The van der Waals surface area contributed by atoms with Crippen molar-refractivity contribution in [1.82, 2.24) is 15.1 Å². The molecule has 0 saturated heterocycles. The van der Waals surface area contributed by atoms with Gasteiger partial charge in [-0.15, -0.1) is 0 Å². The molecule has 0 bridgehead atoms.